The van der Waals surface area contributed by atoms with E-state index >= 15 is 0 Å². The van der Waals surface area contributed by atoms with E-state index in [2.05, 4.69) is 19.2 Å². The minimum atomic E-state index is 0.120. The van der Waals surface area contributed by atoms with Crippen molar-refractivity contribution in [2.24, 2.45) is 0 Å². The van der Waals surface area contributed by atoms with E-state index in [0.29, 0.717) is 6.04 Å². The van der Waals surface area contributed by atoms with Crippen molar-refractivity contribution in [3.63, 3.8) is 0 Å². The topological polar surface area (TPSA) is 29.1 Å². The van der Waals surface area contributed by atoms with Crippen molar-refractivity contribution in [2.45, 2.75) is 47.6 Å². The Morgan fingerprint density at radius 2 is 1.64 bits per heavy atom. The van der Waals surface area contributed by atoms with Crippen molar-refractivity contribution in [3.8, 4) is 0 Å². The third-order valence-corrected chi connectivity index (χ3v) is 1.80. The van der Waals surface area contributed by atoms with Gasteiger partial charge in [0.2, 0.25) is 0 Å². The molecular weight excluding hydrogens is 174 g/mol. The number of rotatable bonds is 4. The Balaban J connectivity index is 4.76. The van der Waals surface area contributed by atoms with Gasteiger partial charge in [-0.25, -0.2) is 0 Å². The molecule has 0 saturated heterocycles. The van der Waals surface area contributed by atoms with Gasteiger partial charge in [-0.1, -0.05) is 5.57 Å². The van der Waals surface area contributed by atoms with Crippen LogP contribution < -0.4 is 5.32 Å². The lowest BCUT2D eigenvalue weighted by Crippen LogP contribution is -2.20. The number of Topliss-reactive ketones (excluding diaryl/α,β-unsaturated/α-hetero) is 1. The van der Waals surface area contributed by atoms with Crippen LogP contribution in [-0.2, 0) is 4.79 Å². The third kappa shape index (κ3) is 4.85. The summed E-state index contributed by atoms with van der Waals surface area (Å²) in [4.78, 5) is 11.3. The predicted octanol–water partition coefficient (Wildman–Crippen LogP) is 2.81. The fraction of sp³-hybridized carbons (Fsp3) is 0.583. The van der Waals surface area contributed by atoms with E-state index in [1.165, 1.54) is 0 Å². The third-order valence-electron chi connectivity index (χ3n) is 1.80. The molecule has 0 heterocycles. The number of hydrogen-bond donors (Lipinski definition) is 1. The highest BCUT2D eigenvalue weighted by Crippen LogP contribution is 2.08. The van der Waals surface area contributed by atoms with Crippen LogP contribution in [0.5, 0.6) is 0 Å². The van der Waals surface area contributed by atoms with Crippen molar-refractivity contribution in [1.82, 2.24) is 5.32 Å². The summed E-state index contributed by atoms with van der Waals surface area (Å²) in [7, 11) is 0. The highest BCUT2D eigenvalue weighted by molar-refractivity contribution is 5.96. The molecule has 14 heavy (non-hydrogen) atoms. The van der Waals surface area contributed by atoms with Crippen LogP contribution in [0.15, 0.2) is 22.9 Å². The van der Waals surface area contributed by atoms with E-state index in [1.54, 1.807) is 6.92 Å². The first kappa shape index (κ1) is 12.9. The first-order chi connectivity index (χ1) is 6.34. The van der Waals surface area contributed by atoms with Gasteiger partial charge in [0.1, 0.15) is 0 Å². The van der Waals surface area contributed by atoms with Crippen LogP contribution in [0.25, 0.3) is 0 Å². The van der Waals surface area contributed by atoms with Crippen molar-refractivity contribution in [1.29, 1.82) is 0 Å². The molecule has 0 spiro atoms. The molecule has 80 valence electrons. The summed E-state index contributed by atoms with van der Waals surface area (Å²) in [5.74, 6) is 0.120. The van der Waals surface area contributed by atoms with Crippen LogP contribution >= 0.6 is 0 Å². The highest BCUT2D eigenvalue weighted by atomic mass is 16.1. The first-order valence-electron chi connectivity index (χ1n) is 4.97. The van der Waals surface area contributed by atoms with E-state index in [-0.39, 0.29) is 5.78 Å². The molecule has 0 radical (unpaired) electrons. The normalized spacial score (nSPS) is 11.5. The lowest BCUT2D eigenvalue weighted by atomic mass is 10.1. The summed E-state index contributed by atoms with van der Waals surface area (Å²) >= 11 is 0. The second-order valence-corrected chi connectivity index (χ2v) is 4.10. The summed E-state index contributed by atoms with van der Waals surface area (Å²) in [5.41, 5.74) is 2.89. The lowest BCUT2D eigenvalue weighted by molar-refractivity contribution is -0.113. The molecule has 0 atom stereocenters. The molecule has 0 fully saturated rings. The maximum Gasteiger partial charge on any atom is 0.159 e. The number of carbonyl (C=O) groups excluding carboxylic acids is 1. The van der Waals surface area contributed by atoms with Crippen LogP contribution in [0.1, 0.15) is 41.5 Å². The average molecular weight is 195 g/mol. The Hall–Kier alpha value is -1.05. The molecular formula is C12H21NO. The lowest BCUT2D eigenvalue weighted by Gasteiger charge is -2.11. The quantitative estimate of drug-likeness (QED) is 0.552. The molecule has 0 aliphatic rings. The molecule has 0 aliphatic heterocycles. The minimum Gasteiger partial charge on any atom is -0.386 e. The zero-order valence-corrected chi connectivity index (χ0v) is 10.1. The SMILES string of the molecule is CC(=O)C(/C=C(/C)NC(C)C)=C(C)C. The second kappa shape index (κ2) is 5.63. The maximum atomic E-state index is 11.3. The summed E-state index contributed by atoms with van der Waals surface area (Å²) in [5, 5.41) is 3.26. The molecule has 0 unspecified atom stereocenters. The van der Waals surface area contributed by atoms with Gasteiger partial charge in [-0.2, -0.15) is 0 Å². The Bertz CT molecular complexity index is 268. The summed E-state index contributed by atoms with van der Waals surface area (Å²) in [6, 6.07) is 0.400. The van der Waals surface area contributed by atoms with E-state index in [9.17, 15) is 4.79 Å². The number of hydrogen-bond acceptors (Lipinski definition) is 2. The molecule has 0 saturated carbocycles. The Morgan fingerprint density at radius 3 is 1.93 bits per heavy atom. The number of allylic oxidation sites excluding steroid dienone is 4. The van der Waals surface area contributed by atoms with Crippen molar-refractivity contribution >= 4 is 5.78 Å². The molecule has 0 rings (SSSR count). The van der Waals surface area contributed by atoms with Gasteiger partial charge in [-0.05, 0) is 47.6 Å². The predicted molar refractivity (Wildman–Crippen MR) is 61.1 cm³/mol. The zero-order valence-electron chi connectivity index (χ0n) is 10.1. The number of nitrogens with one attached hydrogen (secondary N) is 1. The van der Waals surface area contributed by atoms with Gasteiger partial charge in [0, 0.05) is 17.3 Å². The van der Waals surface area contributed by atoms with Gasteiger partial charge in [0.05, 0.1) is 0 Å². The molecule has 2 nitrogen and oxygen atoms in total. The Kier molecular flexibility index (Phi) is 5.21. The molecule has 0 aromatic carbocycles. The number of carbonyl (C=O) groups is 1. The molecule has 0 aromatic rings. The maximum absolute atomic E-state index is 11.3. The smallest absolute Gasteiger partial charge is 0.159 e. The van der Waals surface area contributed by atoms with Gasteiger partial charge < -0.3 is 5.32 Å². The fourth-order valence-electron chi connectivity index (χ4n) is 1.31. The van der Waals surface area contributed by atoms with Gasteiger partial charge in [-0.15, -0.1) is 0 Å². The van der Waals surface area contributed by atoms with Gasteiger partial charge in [0.25, 0.3) is 0 Å². The van der Waals surface area contributed by atoms with Crippen LogP contribution in [0, 0.1) is 0 Å². The molecule has 2 heteroatoms. The van der Waals surface area contributed by atoms with E-state index in [1.807, 2.05) is 26.8 Å². The van der Waals surface area contributed by atoms with Gasteiger partial charge >= 0.3 is 0 Å². The largest absolute Gasteiger partial charge is 0.386 e. The molecule has 0 bridgehead atoms. The van der Waals surface area contributed by atoms with E-state index in [4.69, 9.17) is 0 Å². The van der Waals surface area contributed by atoms with Crippen LogP contribution in [-0.4, -0.2) is 11.8 Å². The van der Waals surface area contributed by atoms with Gasteiger partial charge in [-0.3, -0.25) is 4.79 Å². The van der Waals surface area contributed by atoms with E-state index < -0.39 is 0 Å². The Morgan fingerprint density at radius 1 is 1.14 bits per heavy atom. The number of ketones is 1. The second-order valence-electron chi connectivity index (χ2n) is 4.10. The van der Waals surface area contributed by atoms with Gasteiger partial charge in [0.15, 0.2) is 5.78 Å². The van der Waals surface area contributed by atoms with E-state index in [0.717, 1.165) is 16.8 Å². The molecule has 0 aromatic heterocycles. The monoisotopic (exact) mass is 195 g/mol. The van der Waals surface area contributed by atoms with Crippen molar-refractivity contribution < 1.29 is 4.79 Å². The van der Waals surface area contributed by atoms with Crippen LogP contribution in [0.2, 0.25) is 0 Å². The van der Waals surface area contributed by atoms with Crippen molar-refractivity contribution in [2.75, 3.05) is 0 Å². The molecule has 0 amide bonds. The first-order valence-corrected chi connectivity index (χ1v) is 4.97. The van der Waals surface area contributed by atoms with Crippen LogP contribution in [0.4, 0.5) is 0 Å². The Labute approximate surface area is 87.1 Å². The average Bonchev–Trinajstić information content (AvgIpc) is 1.97. The minimum absolute atomic E-state index is 0.120. The van der Waals surface area contributed by atoms with Crippen molar-refractivity contribution in [3.05, 3.63) is 22.9 Å². The van der Waals surface area contributed by atoms with Crippen LogP contribution in [0.3, 0.4) is 0 Å². The highest BCUT2D eigenvalue weighted by Gasteiger charge is 2.03. The zero-order chi connectivity index (χ0) is 11.3. The molecule has 0 aliphatic carbocycles. The standard InChI is InChI=1S/C12H21NO/c1-8(2)12(11(6)14)7-10(5)13-9(3)4/h7,9,13H,1-6H3/b10-7-. The summed E-state index contributed by atoms with van der Waals surface area (Å²) < 4.78 is 0. The fourth-order valence-corrected chi connectivity index (χ4v) is 1.31. The summed E-state index contributed by atoms with van der Waals surface area (Å²) in [6.45, 7) is 11.6. The summed E-state index contributed by atoms with van der Waals surface area (Å²) in [6.07, 6.45) is 1.91. The molecule has 1 N–H and O–H groups in total.